The van der Waals surface area contributed by atoms with Crippen molar-refractivity contribution in [2.45, 2.75) is 12.2 Å². The smallest absolute Gasteiger partial charge is 0.433 e. The number of ether oxygens (including phenoxy) is 1. The number of alkyl halides is 3. The number of halogens is 5. The Morgan fingerprint density at radius 3 is 2.65 bits per heavy atom. The zero-order valence-electron chi connectivity index (χ0n) is 22.3. The van der Waals surface area contributed by atoms with Crippen molar-refractivity contribution < 1.29 is 31.8 Å². The van der Waals surface area contributed by atoms with E-state index in [-0.39, 0.29) is 39.6 Å². The van der Waals surface area contributed by atoms with Crippen molar-refractivity contribution in [3.8, 4) is 27.9 Å². The van der Waals surface area contributed by atoms with E-state index >= 15 is 4.39 Å². The molecule has 5 rings (SSSR count). The number of rotatable bonds is 7. The number of methoxy groups -OCH3 is 1. The molecule has 0 bridgehead atoms. The third kappa shape index (κ3) is 5.94. The molecule has 5 aromatic rings. The fourth-order valence-electron chi connectivity index (χ4n) is 4.40. The Balaban J connectivity index is 1.57. The first-order valence-corrected chi connectivity index (χ1v) is 12.7. The first-order chi connectivity index (χ1) is 20.5. The highest BCUT2D eigenvalue weighted by Gasteiger charge is 2.33. The number of carbonyl (C=O) groups excluding carboxylic acids is 1. The number of tetrazole rings is 1. The highest BCUT2D eigenvalue weighted by atomic mass is 35.5. The van der Waals surface area contributed by atoms with Gasteiger partial charge in [0.2, 0.25) is 5.69 Å². The molecule has 0 aliphatic carbocycles. The number of amides is 1. The van der Waals surface area contributed by atoms with E-state index in [9.17, 15) is 23.2 Å². The minimum absolute atomic E-state index is 0.0429. The molecule has 1 aromatic carbocycles. The van der Waals surface area contributed by atoms with Gasteiger partial charge < -0.3 is 14.8 Å². The van der Waals surface area contributed by atoms with Crippen molar-refractivity contribution in [1.82, 2.24) is 39.9 Å². The zero-order chi connectivity index (χ0) is 30.9. The van der Waals surface area contributed by atoms with Crippen molar-refractivity contribution in [2.75, 3.05) is 20.7 Å². The fourth-order valence-corrected chi connectivity index (χ4v) is 4.56. The lowest BCUT2D eigenvalue weighted by Crippen LogP contribution is -2.41. The van der Waals surface area contributed by atoms with Gasteiger partial charge in [0.1, 0.15) is 12.0 Å². The first kappa shape index (κ1) is 29.4. The van der Waals surface area contributed by atoms with Gasteiger partial charge in [-0.15, -0.1) is 5.10 Å². The molecule has 0 unspecified atom stereocenters. The molecule has 4 aromatic heterocycles. The van der Waals surface area contributed by atoms with Gasteiger partial charge in [0.15, 0.2) is 18.1 Å². The molecular weight excluding hydrogens is 598 g/mol. The minimum atomic E-state index is -4.65. The average molecular weight is 618 g/mol. The predicted molar refractivity (Wildman–Crippen MR) is 142 cm³/mol. The van der Waals surface area contributed by atoms with Gasteiger partial charge in [-0.05, 0) is 46.3 Å². The zero-order valence-corrected chi connectivity index (χ0v) is 23.0. The standard InChI is InChI=1S/C26H20ClF4N9O3/c1-37(25(41)43-2)13-21(38-11-17(10-34-38)15-7-8-32-22(9-15)26(29,30)31)19-5-3-16(12-40(19)42)23-20(39-14-33-35-36-39)6-4-18(27)24(23)28/h3-12,14,21H,13H2,1-2H3/t21-/m0/s1. The fraction of sp³-hybridized carbons (Fsp3) is 0.192. The molecule has 0 aliphatic rings. The van der Waals surface area contributed by atoms with E-state index in [2.05, 4.69) is 25.6 Å². The molecule has 0 aliphatic heterocycles. The highest BCUT2D eigenvalue weighted by Crippen LogP contribution is 2.34. The maximum Gasteiger partial charge on any atom is 0.433 e. The Kier molecular flexibility index (Phi) is 7.95. The number of pyridine rings is 2. The molecule has 0 spiro atoms. The van der Waals surface area contributed by atoms with Crippen LogP contribution < -0.4 is 4.73 Å². The quantitative estimate of drug-likeness (QED) is 0.150. The summed E-state index contributed by atoms with van der Waals surface area (Å²) in [5, 5.41) is 28.5. The number of nitrogens with zero attached hydrogens (tertiary/aromatic N) is 9. The molecule has 17 heteroatoms. The van der Waals surface area contributed by atoms with Crippen LogP contribution in [-0.4, -0.2) is 66.7 Å². The van der Waals surface area contributed by atoms with E-state index in [4.69, 9.17) is 16.3 Å². The number of carbonyl (C=O) groups is 1. The number of hydrogen-bond acceptors (Lipinski definition) is 8. The normalized spacial score (nSPS) is 12.3. The van der Waals surface area contributed by atoms with Gasteiger partial charge in [-0.1, -0.05) is 11.6 Å². The minimum Gasteiger partial charge on any atom is -0.618 e. The van der Waals surface area contributed by atoms with Crippen LogP contribution in [0.2, 0.25) is 5.02 Å². The lowest BCUT2D eigenvalue weighted by atomic mass is 10.0. The summed E-state index contributed by atoms with van der Waals surface area (Å²) in [6.45, 7) is -0.124. The third-order valence-corrected chi connectivity index (χ3v) is 6.77. The van der Waals surface area contributed by atoms with Crippen molar-refractivity contribution >= 4 is 17.7 Å². The van der Waals surface area contributed by atoms with Crippen LogP contribution in [0.1, 0.15) is 17.4 Å². The van der Waals surface area contributed by atoms with Gasteiger partial charge in [0, 0.05) is 31.1 Å². The predicted octanol–water partition coefficient (Wildman–Crippen LogP) is 4.32. The Bertz CT molecular complexity index is 1780. The van der Waals surface area contributed by atoms with Crippen LogP contribution in [0.3, 0.4) is 0 Å². The maximum absolute atomic E-state index is 15.3. The summed E-state index contributed by atoms with van der Waals surface area (Å²) in [4.78, 5) is 16.8. The van der Waals surface area contributed by atoms with E-state index in [1.165, 1.54) is 77.5 Å². The van der Waals surface area contributed by atoms with Crippen LogP contribution in [0.25, 0.3) is 27.9 Å². The third-order valence-electron chi connectivity index (χ3n) is 6.48. The molecule has 0 saturated heterocycles. The molecule has 1 atom stereocenters. The summed E-state index contributed by atoms with van der Waals surface area (Å²) >= 11 is 6.04. The Labute approximate surface area is 245 Å². The molecular formula is C26H20ClF4N9O3. The van der Waals surface area contributed by atoms with Gasteiger partial charge in [-0.3, -0.25) is 9.67 Å². The molecule has 0 fully saturated rings. The Morgan fingerprint density at radius 2 is 1.98 bits per heavy atom. The molecule has 12 nitrogen and oxygen atoms in total. The Hall–Kier alpha value is -5.12. The SMILES string of the molecule is COC(=O)N(C)C[C@@H](c1ccc(-c2c(-n3cnnn3)ccc(Cl)c2F)c[n+]1[O-])n1cc(-c2ccnc(C(F)(F)F)c2)cn1. The van der Waals surface area contributed by atoms with E-state index in [0.29, 0.717) is 10.3 Å². The lowest BCUT2D eigenvalue weighted by Gasteiger charge is -2.23. The second kappa shape index (κ2) is 11.6. The average Bonchev–Trinajstić information content (AvgIpc) is 3.70. The topological polar surface area (TPSA) is 131 Å². The van der Waals surface area contributed by atoms with Gasteiger partial charge in [0.25, 0.3) is 0 Å². The Morgan fingerprint density at radius 1 is 1.19 bits per heavy atom. The summed E-state index contributed by atoms with van der Waals surface area (Å²) in [5.74, 6) is -0.809. The molecule has 1 amide bonds. The summed E-state index contributed by atoms with van der Waals surface area (Å²) in [6, 6.07) is 7.01. The molecule has 222 valence electrons. The van der Waals surface area contributed by atoms with Gasteiger partial charge in [-0.25, -0.2) is 9.18 Å². The van der Waals surface area contributed by atoms with Gasteiger partial charge in [-0.2, -0.15) is 27.7 Å². The van der Waals surface area contributed by atoms with E-state index in [1.807, 2.05) is 0 Å². The number of benzene rings is 1. The first-order valence-electron chi connectivity index (χ1n) is 12.3. The summed E-state index contributed by atoms with van der Waals surface area (Å²) in [5.41, 5.74) is -0.201. The van der Waals surface area contributed by atoms with Crippen molar-refractivity contribution in [1.29, 1.82) is 0 Å². The number of hydrogen-bond donors (Lipinski definition) is 0. The van der Waals surface area contributed by atoms with Crippen LogP contribution in [-0.2, 0) is 10.9 Å². The maximum atomic E-state index is 15.3. The molecule has 4 heterocycles. The van der Waals surface area contributed by atoms with Crippen molar-refractivity contribution in [3.05, 3.63) is 94.9 Å². The number of likely N-dealkylation sites (N-methyl/N-ethyl adjacent to an activating group) is 1. The lowest BCUT2D eigenvalue weighted by molar-refractivity contribution is -0.615. The summed E-state index contributed by atoms with van der Waals surface area (Å²) < 4.78 is 62.8. The van der Waals surface area contributed by atoms with Crippen LogP contribution in [0, 0.1) is 11.0 Å². The van der Waals surface area contributed by atoms with Crippen LogP contribution in [0.4, 0.5) is 22.4 Å². The van der Waals surface area contributed by atoms with Crippen LogP contribution in [0.15, 0.2) is 67.5 Å². The second-order valence-corrected chi connectivity index (χ2v) is 9.59. The molecule has 0 radical (unpaired) electrons. The van der Waals surface area contributed by atoms with Gasteiger partial charge in [0.05, 0.1) is 41.7 Å². The molecule has 0 N–H and O–H groups in total. The monoisotopic (exact) mass is 617 g/mol. The van der Waals surface area contributed by atoms with E-state index in [1.54, 1.807) is 0 Å². The van der Waals surface area contributed by atoms with E-state index in [0.717, 1.165) is 18.5 Å². The summed E-state index contributed by atoms with van der Waals surface area (Å²) in [6.07, 6.45) is 0.797. The van der Waals surface area contributed by atoms with E-state index < -0.39 is 29.8 Å². The van der Waals surface area contributed by atoms with Crippen molar-refractivity contribution in [2.24, 2.45) is 0 Å². The van der Waals surface area contributed by atoms with Crippen LogP contribution in [0.5, 0.6) is 0 Å². The molecule has 0 saturated carbocycles. The molecule has 43 heavy (non-hydrogen) atoms. The van der Waals surface area contributed by atoms with Crippen molar-refractivity contribution in [3.63, 3.8) is 0 Å². The van der Waals surface area contributed by atoms with Crippen LogP contribution >= 0.6 is 11.6 Å². The highest BCUT2D eigenvalue weighted by molar-refractivity contribution is 6.31. The largest absolute Gasteiger partial charge is 0.618 e. The number of aromatic nitrogens is 8. The van der Waals surface area contributed by atoms with Gasteiger partial charge >= 0.3 is 12.3 Å². The second-order valence-electron chi connectivity index (χ2n) is 9.18. The summed E-state index contributed by atoms with van der Waals surface area (Å²) in [7, 11) is 2.62.